The monoisotopic (exact) mass is 369 g/mol. The Hall–Kier alpha value is -2.47. The highest BCUT2D eigenvalue weighted by Crippen LogP contribution is 2.25. The molecule has 2 aromatic rings. The Balaban J connectivity index is 1.80. The van der Waals surface area contributed by atoms with E-state index in [2.05, 4.69) is 4.90 Å². The van der Waals surface area contributed by atoms with Crippen LogP contribution in [0.2, 0.25) is 0 Å². The Morgan fingerprint density at radius 1 is 1.19 bits per heavy atom. The number of hydrogen-bond acceptors (Lipinski definition) is 4. The number of carbonyl (C=O) groups excluding carboxylic acids is 1. The molecule has 0 spiro atoms. The van der Waals surface area contributed by atoms with Gasteiger partial charge in [0.1, 0.15) is 0 Å². The van der Waals surface area contributed by atoms with Gasteiger partial charge in [-0.15, -0.1) is 0 Å². The van der Waals surface area contributed by atoms with Crippen molar-refractivity contribution in [2.24, 2.45) is 0 Å². The van der Waals surface area contributed by atoms with Crippen molar-refractivity contribution in [3.05, 3.63) is 57.4 Å². The number of nitrogens with zero attached hydrogens (tertiary/aromatic N) is 3. The van der Waals surface area contributed by atoms with Crippen LogP contribution in [-0.2, 0) is 0 Å². The normalized spacial score (nSPS) is 15.3. The standard InChI is InChI=1S/C21H27N3O3/c1-15-13-20(21(25)14-22(3)17-7-5-4-6-8-17)16(2)23(15)18-9-11-19(12-10-18)24(26)27/h9-13,17H,4-8,14H2,1-3H3. The molecule has 1 fully saturated rings. The molecule has 0 N–H and O–H groups in total. The molecule has 0 unspecified atom stereocenters. The van der Waals surface area contributed by atoms with Crippen molar-refractivity contribution >= 4 is 11.5 Å². The summed E-state index contributed by atoms with van der Waals surface area (Å²) in [6, 6.07) is 8.86. The Bertz CT molecular complexity index is 833. The van der Waals surface area contributed by atoms with Gasteiger partial charge in [0, 0.05) is 40.8 Å². The Morgan fingerprint density at radius 3 is 2.41 bits per heavy atom. The molecular weight excluding hydrogens is 342 g/mol. The number of non-ortho nitro benzene ring substituents is 1. The summed E-state index contributed by atoms with van der Waals surface area (Å²) >= 11 is 0. The van der Waals surface area contributed by atoms with Crippen molar-refractivity contribution in [2.45, 2.75) is 52.0 Å². The third-order valence-corrected chi connectivity index (χ3v) is 5.64. The second-order valence-corrected chi connectivity index (χ2v) is 7.52. The molecule has 1 aromatic heterocycles. The van der Waals surface area contributed by atoms with E-state index in [1.54, 1.807) is 12.1 Å². The SMILES string of the molecule is Cc1cc(C(=O)CN(C)C2CCCCC2)c(C)n1-c1ccc([N+](=O)[O-])cc1. The minimum absolute atomic E-state index is 0.0617. The molecule has 0 saturated heterocycles. The lowest BCUT2D eigenvalue weighted by Gasteiger charge is -2.30. The van der Waals surface area contributed by atoms with Crippen LogP contribution in [0.3, 0.4) is 0 Å². The van der Waals surface area contributed by atoms with Gasteiger partial charge in [-0.2, -0.15) is 0 Å². The molecule has 6 heteroatoms. The number of nitro groups is 1. The zero-order valence-corrected chi connectivity index (χ0v) is 16.3. The van der Waals surface area contributed by atoms with Crippen molar-refractivity contribution in [1.82, 2.24) is 9.47 Å². The molecule has 6 nitrogen and oxygen atoms in total. The number of Topliss-reactive ketones (excluding diaryl/α,β-unsaturated/α-hetero) is 1. The van der Waals surface area contributed by atoms with Gasteiger partial charge in [-0.25, -0.2) is 0 Å². The number of benzene rings is 1. The molecule has 1 aromatic carbocycles. The summed E-state index contributed by atoms with van der Waals surface area (Å²) in [4.78, 5) is 25.6. The highest BCUT2D eigenvalue weighted by molar-refractivity contribution is 5.99. The summed E-state index contributed by atoms with van der Waals surface area (Å²) in [5.74, 6) is 0.129. The van der Waals surface area contributed by atoms with Gasteiger partial charge in [-0.05, 0) is 51.9 Å². The first-order chi connectivity index (χ1) is 12.9. The van der Waals surface area contributed by atoms with Crippen LogP contribution in [0.25, 0.3) is 5.69 Å². The number of ketones is 1. The molecule has 0 radical (unpaired) electrons. The highest BCUT2D eigenvalue weighted by Gasteiger charge is 2.23. The van der Waals surface area contributed by atoms with Crippen molar-refractivity contribution in [3.8, 4) is 5.69 Å². The lowest BCUT2D eigenvalue weighted by atomic mass is 9.94. The fourth-order valence-corrected chi connectivity index (χ4v) is 4.13. The number of nitro benzene ring substituents is 1. The van der Waals surface area contributed by atoms with Gasteiger partial charge in [-0.3, -0.25) is 19.8 Å². The zero-order chi connectivity index (χ0) is 19.6. The van der Waals surface area contributed by atoms with Gasteiger partial charge in [0.2, 0.25) is 0 Å². The molecule has 1 aliphatic carbocycles. The molecule has 0 aliphatic heterocycles. The van der Waals surface area contributed by atoms with Crippen LogP contribution in [-0.4, -0.2) is 39.8 Å². The first-order valence-corrected chi connectivity index (χ1v) is 9.55. The number of hydrogen-bond donors (Lipinski definition) is 0. The van der Waals surface area contributed by atoms with Crippen LogP contribution in [0.4, 0.5) is 5.69 Å². The molecule has 0 atom stereocenters. The molecule has 1 aliphatic rings. The van der Waals surface area contributed by atoms with Crippen molar-refractivity contribution in [3.63, 3.8) is 0 Å². The van der Waals surface area contributed by atoms with Crippen LogP contribution < -0.4 is 0 Å². The number of carbonyl (C=O) groups is 1. The first kappa shape index (κ1) is 19.3. The van der Waals surface area contributed by atoms with Gasteiger partial charge < -0.3 is 4.57 Å². The van der Waals surface area contributed by atoms with E-state index >= 15 is 0 Å². The van der Waals surface area contributed by atoms with E-state index in [4.69, 9.17) is 0 Å². The average molecular weight is 369 g/mol. The van der Waals surface area contributed by atoms with Crippen LogP contribution in [0.5, 0.6) is 0 Å². The third kappa shape index (κ3) is 4.11. The third-order valence-electron chi connectivity index (χ3n) is 5.64. The number of aromatic nitrogens is 1. The highest BCUT2D eigenvalue weighted by atomic mass is 16.6. The Morgan fingerprint density at radius 2 is 1.81 bits per heavy atom. The van der Waals surface area contributed by atoms with Gasteiger partial charge in [0.05, 0.1) is 11.5 Å². The summed E-state index contributed by atoms with van der Waals surface area (Å²) in [5, 5.41) is 10.9. The molecule has 1 heterocycles. The first-order valence-electron chi connectivity index (χ1n) is 9.55. The van der Waals surface area contributed by atoms with E-state index in [-0.39, 0.29) is 11.5 Å². The van der Waals surface area contributed by atoms with E-state index in [1.165, 1.54) is 44.2 Å². The maximum atomic E-state index is 12.9. The van der Waals surface area contributed by atoms with Crippen molar-refractivity contribution < 1.29 is 9.72 Å². The smallest absolute Gasteiger partial charge is 0.269 e. The van der Waals surface area contributed by atoms with E-state index in [0.29, 0.717) is 12.6 Å². The van der Waals surface area contributed by atoms with Crippen molar-refractivity contribution in [2.75, 3.05) is 13.6 Å². The molecule has 3 rings (SSSR count). The van der Waals surface area contributed by atoms with Gasteiger partial charge in [0.15, 0.2) is 5.78 Å². The predicted molar refractivity (Wildman–Crippen MR) is 106 cm³/mol. The number of aryl methyl sites for hydroxylation is 1. The van der Waals surface area contributed by atoms with Crippen LogP contribution in [0.1, 0.15) is 53.8 Å². The van der Waals surface area contributed by atoms with E-state index in [1.807, 2.05) is 31.5 Å². The second-order valence-electron chi connectivity index (χ2n) is 7.52. The van der Waals surface area contributed by atoms with E-state index < -0.39 is 4.92 Å². The minimum Gasteiger partial charge on any atom is -0.318 e. The van der Waals surface area contributed by atoms with Crippen LogP contribution >= 0.6 is 0 Å². The molecule has 0 bridgehead atoms. The average Bonchev–Trinajstić information content (AvgIpc) is 2.97. The van der Waals surface area contributed by atoms with Crippen LogP contribution in [0, 0.1) is 24.0 Å². The summed E-state index contributed by atoms with van der Waals surface area (Å²) in [6.45, 7) is 4.31. The molecular formula is C21H27N3O3. The lowest BCUT2D eigenvalue weighted by Crippen LogP contribution is -2.37. The lowest BCUT2D eigenvalue weighted by molar-refractivity contribution is -0.384. The number of rotatable bonds is 6. The molecule has 1 saturated carbocycles. The Labute approximate surface area is 159 Å². The maximum Gasteiger partial charge on any atom is 0.269 e. The summed E-state index contributed by atoms with van der Waals surface area (Å²) < 4.78 is 1.98. The van der Waals surface area contributed by atoms with Crippen molar-refractivity contribution in [1.29, 1.82) is 0 Å². The summed E-state index contributed by atoms with van der Waals surface area (Å²) in [7, 11) is 2.05. The van der Waals surface area contributed by atoms with Gasteiger partial charge in [0.25, 0.3) is 5.69 Å². The number of likely N-dealkylation sites (N-methyl/N-ethyl adjacent to an activating group) is 1. The largest absolute Gasteiger partial charge is 0.318 e. The topological polar surface area (TPSA) is 68.4 Å². The van der Waals surface area contributed by atoms with Gasteiger partial charge >= 0.3 is 0 Å². The molecule has 144 valence electrons. The second kappa shape index (κ2) is 8.05. The molecule has 27 heavy (non-hydrogen) atoms. The quantitative estimate of drug-likeness (QED) is 0.428. The molecule has 0 amide bonds. The van der Waals surface area contributed by atoms with Crippen LogP contribution in [0.15, 0.2) is 30.3 Å². The zero-order valence-electron chi connectivity index (χ0n) is 16.3. The maximum absolute atomic E-state index is 12.9. The Kier molecular flexibility index (Phi) is 5.75. The predicted octanol–water partition coefficient (Wildman–Crippen LogP) is 4.45. The van der Waals surface area contributed by atoms with Gasteiger partial charge in [-0.1, -0.05) is 19.3 Å². The summed E-state index contributed by atoms with van der Waals surface area (Å²) in [6.07, 6.45) is 6.14. The summed E-state index contributed by atoms with van der Waals surface area (Å²) in [5.41, 5.74) is 3.45. The minimum atomic E-state index is -0.408. The fraction of sp³-hybridized carbons (Fsp3) is 0.476. The fourth-order valence-electron chi connectivity index (χ4n) is 4.13. The van der Waals surface area contributed by atoms with E-state index in [9.17, 15) is 14.9 Å². The van der Waals surface area contributed by atoms with E-state index in [0.717, 1.165) is 22.6 Å².